The van der Waals surface area contributed by atoms with Gasteiger partial charge in [-0.3, -0.25) is 4.79 Å². The van der Waals surface area contributed by atoms with Crippen LogP contribution in [0.15, 0.2) is 0 Å². The van der Waals surface area contributed by atoms with E-state index in [4.69, 9.17) is 62.8 Å². The topological polar surface area (TPSA) is 370 Å². The number of carbonyl (C=O) groups is 1. The number of aliphatic hydroxyl groups is 7. The number of hydrogen-bond donors (Lipinski definition) is 13. The number of nitrogens with two attached hydrogens (primary N) is 6. The van der Waals surface area contributed by atoms with E-state index in [1.54, 1.807) is 0 Å². The summed E-state index contributed by atoms with van der Waals surface area (Å²) in [5, 5.41) is 72.4. The van der Waals surface area contributed by atoms with Crippen LogP contribution in [0.2, 0.25) is 0 Å². The molecule has 3 aliphatic heterocycles. The van der Waals surface area contributed by atoms with Crippen LogP contribution in [0, 0.1) is 0 Å². The van der Waals surface area contributed by atoms with E-state index in [0.717, 1.165) is 0 Å². The molecule has 0 aromatic carbocycles. The van der Waals surface area contributed by atoms with E-state index < -0.39 is 129 Å². The van der Waals surface area contributed by atoms with Gasteiger partial charge in [0.05, 0.1) is 24.8 Å². The Hall–Kier alpha value is -1.25. The minimum atomic E-state index is -1.78. The lowest BCUT2D eigenvalue weighted by atomic mass is 9.84. The van der Waals surface area contributed by atoms with Gasteiger partial charge in [0.2, 0.25) is 5.91 Å². The number of carbonyl (C=O) groups excluding carboxylic acids is 1. The van der Waals surface area contributed by atoms with Crippen LogP contribution in [-0.4, -0.2) is 171 Å². The molecule has 43 heavy (non-hydrogen) atoms. The number of rotatable bonds is 9. The van der Waals surface area contributed by atoms with Crippen LogP contribution in [0.4, 0.5) is 0 Å². The number of ether oxygens (including phenoxy) is 6. The number of amides is 1. The van der Waals surface area contributed by atoms with Crippen molar-refractivity contribution in [2.24, 2.45) is 34.4 Å². The smallest absolute Gasteiger partial charge is 0.249 e. The van der Waals surface area contributed by atoms with E-state index in [9.17, 15) is 40.5 Å². The molecule has 20 heteroatoms. The quantitative estimate of drug-likeness (QED) is 0.113. The zero-order chi connectivity index (χ0) is 31.9. The molecule has 1 aliphatic carbocycles. The van der Waals surface area contributed by atoms with Crippen molar-refractivity contribution in [2.45, 2.75) is 123 Å². The Morgan fingerprint density at radius 1 is 0.651 bits per heavy atom. The van der Waals surface area contributed by atoms with Gasteiger partial charge in [-0.25, -0.2) is 0 Å². The molecular formula is C23H44N6O14. The molecule has 3 saturated heterocycles. The molecule has 250 valence electrons. The van der Waals surface area contributed by atoms with Crippen molar-refractivity contribution >= 4 is 5.91 Å². The fourth-order valence-electron chi connectivity index (χ4n) is 5.70. The van der Waals surface area contributed by atoms with Crippen molar-refractivity contribution in [1.29, 1.82) is 0 Å². The zero-order valence-electron chi connectivity index (χ0n) is 23.0. The average molecular weight is 629 g/mol. The van der Waals surface area contributed by atoms with Crippen LogP contribution in [0.1, 0.15) is 6.42 Å². The average Bonchev–Trinajstić information content (AvgIpc) is 3.28. The van der Waals surface area contributed by atoms with Crippen LogP contribution < -0.4 is 34.4 Å². The monoisotopic (exact) mass is 628 g/mol. The van der Waals surface area contributed by atoms with Crippen LogP contribution in [0.25, 0.3) is 0 Å². The molecule has 20 nitrogen and oxygen atoms in total. The van der Waals surface area contributed by atoms with Crippen molar-refractivity contribution in [3.05, 3.63) is 0 Å². The first-order chi connectivity index (χ1) is 20.2. The van der Waals surface area contributed by atoms with E-state index in [2.05, 4.69) is 0 Å². The van der Waals surface area contributed by atoms with Gasteiger partial charge in [0.15, 0.2) is 25.0 Å². The van der Waals surface area contributed by atoms with Crippen LogP contribution >= 0.6 is 0 Å². The fourth-order valence-corrected chi connectivity index (χ4v) is 5.70. The minimum Gasteiger partial charge on any atom is -0.394 e. The predicted molar refractivity (Wildman–Crippen MR) is 138 cm³/mol. The highest BCUT2D eigenvalue weighted by Crippen LogP contribution is 2.34. The first-order valence-corrected chi connectivity index (χ1v) is 13.8. The van der Waals surface area contributed by atoms with Crippen LogP contribution in [-0.2, 0) is 33.2 Å². The molecular weight excluding hydrogens is 584 g/mol. The number of aliphatic hydroxyl groups excluding tert-OH is 7. The third kappa shape index (κ3) is 6.82. The molecule has 0 spiro atoms. The predicted octanol–water partition coefficient (Wildman–Crippen LogP) is -9.37. The van der Waals surface area contributed by atoms with Gasteiger partial charge in [-0.05, 0) is 6.42 Å². The molecule has 4 aliphatic rings. The normalized spacial score (nSPS) is 52.7. The molecule has 0 aromatic rings. The second-order valence-corrected chi connectivity index (χ2v) is 11.3. The highest BCUT2D eigenvalue weighted by atomic mass is 16.8. The molecule has 4 rings (SSSR count). The summed E-state index contributed by atoms with van der Waals surface area (Å²) in [5.74, 6) is -1.08. The van der Waals surface area contributed by atoms with E-state index >= 15 is 0 Å². The molecule has 0 aromatic heterocycles. The summed E-state index contributed by atoms with van der Waals surface area (Å²) in [4.78, 5) is 12.3. The summed E-state index contributed by atoms with van der Waals surface area (Å²) in [5.41, 5.74) is 35.3. The van der Waals surface area contributed by atoms with Crippen molar-refractivity contribution in [1.82, 2.24) is 0 Å². The summed E-state index contributed by atoms with van der Waals surface area (Å²) < 4.78 is 34.1. The van der Waals surface area contributed by atoms with Gasteiger partial charge in [0.1, 0.15) is 61.0 Å². The minimum absolute atomic E-state index is 0.0272. The van der Waals surface area contributed by atoms with E-state index in [1.165, 1.54) is 0 Å². The Labute approximate surface area is 245 Å². The Morgan fingerprint density at radius 2 is 1.16 bits per heavy atom. The zero-order valence-corrected chi connectivity index (χ0v) is 23.0. The van der Waals surface area contributed by atoms with Crippen molar-refractivity contribution in [2.75, 3.05) is 13.2 Å². The van der Waals surface area contributed by atoms with Crippen molar-refractivity contribution in [3.63, 3.8) is 0 Å². The summed E-state index contributed by atoms with van der Waals surface area (Å²) in [6.45, 7) is -0.895. The Morgan fingerprint density at radius 3 is 1.70 bits per heavy atom. The standard InChI is InChI=1S/C23H44N6O14/c24-2-6-11(32)13(34)8(27)21(38-6)41-18-15(36)23(43-19(18)20(29)37)42-17-10(31)4(25)1-5(26)16(17)40-22-9(28)14(35)12(33)7(3-30)39-22/h4-19,21-23,30-36H,1-3,24-28H2,(H2,29,37)/t4-,5+,6+,7-,8-,9-,10+,11-,12-,13-,14-,15-,16-,17-,18+,19+,21-,22-,23-/m1/s1. The molecule has 0 bridgehead atoms. The molecule has 19 N–H and O–H groups in total. The number of primary amides is 1. The van der Waals surface area contributed by atoms with E-state index in [1.807, 2.05) is 0 Å². The summed E-state index contributed by atoms with van der Waals surface area (Å²) in [6, 6.07) is -4.51. The Balaban J connectivity index is 1.53. The van der Waals surface area contributed by atoms with Gasteiger partial charge in [0, 0.05) is 18.6 Å². The summed E-state index contributed by atoms with van der Waals surface area (Å²) in [6.07, 6.45) is -22.1. The van der Waals surface area contributed by atoms with Crippen molar-refractivity contribution < 1.29 is 69.0 Å². The van der Waals surface area contributed by atoms with Gasteiger partial charge >= 0.3 is 0 Å². The fraction of sp³-hybridized carbons (Fsp3) is 0.957. The second kappa shape index (κ2) is 14.0. The maximum Gasteiger partial charge on any atom is 0.249 e. The van der Waals surface area contributed by atoms with Crippen molar-refractivity contribution in [3.8, 4) is 0 Å². The molecule has 1 amide bonds. The van der Waals surface area contributed by atoms with Gasteiger partial charge in [-0.2, -0.15) is 0 Å². The third-order valence-corrected chi connectivity index (χ3v) is 8.32. The lowest BCUT2D eigenvalue weighted by Crippen LogP contribution is -2.68. The first kappa shape index (κ1) is 34.6. The van der Waals surface area contributed by atoms with Gasteiger partial charge < -0.3 is 98.6 Å². The largest absolute Gasteiger partial charge is 0.394 e. The van der Waals surface area contributed by atoms with Crippen LogP contribution in [0.3, 0.4) is 0 Å². The highest BCUT2D eigenvalue weighted by molar-refractivity contribution is 5.80. The third-order valence-electron chi connectivity index (χ3n) is 8.32. The first-order valence-electron chi connectivity index (χ1n) is 13.8. The van der Waals surface area contributed by atoms with E-state index in [0.29, 0.717) is 0 Å². The molecule has 0 unspecified atom stereocenters. The highest BCUT2D eigenvalue weighted by Gasteiger charge is 2.55. The van der Waals surface area contributed by atoms with Crippen LogP contribution in [0.5, 0.6) is 0 Å². The molecule has 4 fully saturated rings. The molecule has 1 saturated carbocycles. The lowest BCUT2D eigenvalue weighted by molar-refractivity contribution is -0.310. The van der Waals surface area contributed by atoms with Gasteiger partial charge in [0.25, 0.3) is 0 Å². The number of hydrogen-bond acceptors (Lipinski definition) is 19. The maximum atomic E-state index is 12.3. The molecule has 0 radical (unpaired) electrons. The Kier molecular flexibility index (Phi) is 11.3. The van der Waals surface area contributed by atoms with Gasteiger partial charge in [-0.15, -0.1) is 0 Å². The molecule has 3 heterocycles. The Bertz CT molecular complexity index is 941. The summed E-state index contributed by atoms with van der Waals surface area (Å²) >= 11 is 0. The van der Waals surface area contributed by atoms with Gasteiger partial charge in [-0.1, -0.05) is 0 Å². The van der Waals surface area contributed by atoms with E-state index in [-0.39, 0.29) is 13.0 Å². The maximum absolute atomic E-state index is 12.3. The lowest BCUT2D eigenvalue weighted by Gasteiger charge is -2.47. The second-order valence-electron chi connectivity index (χ2n) is 11.3. The summed E-state index contributed by atoms with van der Waals surface area (Å²) in [7, 11) is 0. The SMILES string of the molecule is NC[C@@H]1O[C@H](O[C@H]2[C@@H](O)[C@H](O[C@@H]3[C@@H](O)[C@H](N)C[C@H](N)[C@H]3O[C@H]3O[C@H](CO)[C@@H](O)[C@H](O)[C@H]3N)O[C@@H]2C(N)=O)[C@H](N)[C@@H](O)[C@@H]1O. The molecule has 19 atom stereocenters.